The van der Waals surface area contributed by atoms with Crippen LogP contribution in [0.15, 0.2) is 4.42 Å². The van der Waals surface area contributed by atoms with Crippen LogP contribution in [0.1, 0.15) is 35.5 Å². The highest BCUT2D eigenvalue weighted by Crippen LogP contribution is 2.35. The van der Waals surface area contributed by atoms with Crippen LogP contribution in [0.25, 0.3) is 0 Å². The van der Waals surface area contributed by atoms with E-state index in [1.54, 1.807) is 0 Å². The Morgan fingerprint density at radius 2 is 2.18 bits per heavy atom. The van der Waals surface area contributed by atoms with Crippen molar-refractivity contribution in [3.8, 4) is 0 Å². The van der Waals surface area contributed by atoms with E-state index in [1.807, 2.05) is 0 Å². The lowest BCUT2D eigenvalue weighted by Gasteiger charge is -2.24. The summed E-state index contributed by atoms with van der Waals surface area (Å²) in [7, 11) is 2.20. The van der Waals surface area contributed by atoms with Gasteiger partial charge in [-0.3, -0.25) is 0 Å². The maximum absolute atomic E-state index is 6.09. The predicted molar refractivity (Wildman–Crippen MR) is 67.9 cm³/mol. The number of nitrogens with two attached hydrogens (primary N) is 1. The topological polar surface area (TPSA) is 42.4 Å². The Balaban J connectivity index is 1.85. The molecular weight excluding hydrogens is 212 g/mol. The van der Waals surface area contributed by atoms with E-state index in [9.17, 15) is 0 Å². The average Bonchev–Trinajstić information content (AvgIpc) is 2.66. The van der Waals surface area contributed by atoms with Crippen molar-refractivity contribution in [1.82, 2.24) is 4.90 Å². The zero-order valence-corrected chi connectivity index (χ0v) is 10.7. The normalized spacial score (nSPS) is 24.5. The van der Waals surface area contributed by atoms with Crippen LogP contribution in [-0.4, -0.2) is 25.0 Å². The SMILES string of the molecule is CN1CCc2oc3c(c2C1)CCC(CCN)C3. The van der Waals surface area contributed by atoms with Crippen molar-refractivity contribution < 1.29 is 4.42 Å². The number of likely N-dealkylation sites (N-methyl/N-ethyl adjacent to an activating group) is 1. The summed E-state index contributed by atoms with van der Waals surface area (Å²) in [6.45, 7) is 3.02. The lowest BCUT2D eigenvalue weighted by Crippen LogP contribution is -2.26. The molecule has 0 saturated carbocycles. The average molecular weight is 234 g/mol. The fourth-order valence-electron chi connectivity index (χ4n) is 3.29. The highest BCUT2D eigenvalue weighted by atomic mass is 16.3. The molecule has 3 rings (SSSR count). The van der Waals surface area contributed by atoms with Crippen molar-refractivity contribution in [3.63, 3.8) is 0 Å². The van der Waals surface area contributed by atoms with Gasteiger partial charge in [0.15, 0.2) is 0 Å². The van der Waals surface area contributed by atoms with E-state index >= 15 is 0 Å². The van der Waals surface area contributed by atoms with E-state index in [2.05, 4.69) is 11.9 Å². The molecule has 3 heteroatoms. The number of hydrogen-bond acceptors (Lipinski definition) is 3. The molecule has 0 radical (unpaired) electrons. The van der Waals surface area contributed by atoms with Gasteiger partial charge in [0, 0.05) is 31.5 Å². The van der Waals surface area contributed by atoms with Crippen LogP contribution >= 0.6 is 0 Å². The molecule has 94 valence electrons. The van der Waals surface area contributed by atoms with Gasteiger partial charge in [0.1, 0.15) is 11.5 Å². The summed E-state index contributed by atoms with van der Waals surface area (Å²) in [4.78, 5) is 2.39. The van der Waals surface area contributed by atoms with Crippen molar-refractivity contribution in [2.75, 3.05) is 20.1 Å². The first kappa shape index (κ1) is 11.3. The molecule has 0 saturated heterocycles. The monoisotopic (exact) mass is 234 g/mol. The summed E-state index contributed by atoms with van der Waals surface area (Å²) in [5.74, 6) is 3.29. The lowest BCUT2D eigenvalue weighted by atomic mass is 9.84. The first-order chi connectivity index (χ1) is 8.28. The van der Waals surface area contributed by atoms with Crippen LogP contribution in [0, 0.1) is 5.92 Å². The second-order valence-electron chi connectivity index (χ2n) is 5.58. The molecule has 2 aliphatic rings. The van der Waals surface area contributed by atoms with E-state index in [0.29, 0.717) is 0 Å². The number of hydrogen-bond donors (Lipinski definition) is 1. The van der Waals surface area contributed by atoms with Gasteiger partial charge in [-0.2, -0.15) is 0 Å². The van der Waals surface area contributed by atoms with Crippen LogP contribution in [0.2, 0.25) is 0 Å². The maximum Gasteiger partial charge on any atom is 0.110 e. The fourth-order valence-corrected chi connectivity index (χ4v) is 3.29. The van der Waals surface area contributed by atoms with Gasteiger partial charge in [-0.25, -0.2) is 0 Å². The second kappa shape index (κ2) is 4.46. The molecule has 1 aromatic heterocycles. The molecule has 3 nitrogen and oxygen atoms in total. The molecule has 0 fully saturated rings. The van der Waals surface area contributed by atoms with Gasteiger partial charge in [0.05, 0.1) is 0 Å². The molecule has 1 atom stereocenters. The van der Waals surface area contributed by atoms with Crippen LogP contribution in [-0.2, 0) is 25.8 Å². The molecule has 0 amide bonds. The summed E-state index contributed by atoms with van der Waals surface area (Å²) >= 11 is 0. The van der Waals surface area contributed by atoms with Crippen LogP contribution in [0.5, 0.6) is 0 Å². The van der Waals surface area contributed by atoms with E-state index < -0.39 is 0 Å². The number of fused-ring (bicyclic) bond motifs is 3. The third-order valence-electron chi connectivity index (χ3n) is 4.28. The molecule has 1 aliphatic carbocycles. The van der Waals surface area contributed by atoms with Gasteiger partial charge in [0.2, 0.25) is 0 Å². The van der Waals surface area contributed by atoms with Crippen molar-refractivity contribution in [2.45, 2.75) is 38.6 Å². The standard InChI is InChI=1S/C14H22N2O/c1-16-7-5-13-12(9-16)11-3-2-10(4-6-15)8-14(11)17-13/h10H,2-9,15H2,1H3. The zero-order valence-electron chi connectivity index (χ0n) is 10.7. The summed E-state index contributed by atoms with van der Waals surface area (Å²) in [6, 6.07) is 0. The fraction of sp³-hybridized carbons (Fsp3) is 0.714. The first-order valence-electron chi connectivity index (χ1n) is 6.79. The molecule has 2 heterocycles. The second-order valence-corrected chi connectivity index (χ2v) is 5.58. The number of nitrogens with zero attached hydrogens (tertiary/aromatic N) is 1. The van der Waals surface area contributed by atoms with E-state index in [1.165, 1.54) is 35.5 Å². The van der Waals surface area contributed by atoms with Gasteiger partial charge in [0.25, 0.3) is 0 Å². The molecule has 0 bridgehead atoms. The van der Waals surface area contributed by atoms with Gasteiger partial charge in [-0.1, -0.05) is 0 Å². The Kier molecular flexibility index (Phi) is 2.97. The van der Waals surface area contributed by atoms with Crippen LogP contribution in [0.3, 0.4) is 0 Å². The maximum atomic E-state index is 6.09. The Bertz CT molecular complexity index is 411. The predicted octanol–water partition coefficient (Wildman–Crippen LogP) is 1.72. The Hall–Kier alpha value is -0.800. The molecule has 1 unspecified atom stereocenters. The van der Waals surface area contributed by atoms with E-state index in [4.69, 9.17) is 10.2 Å². The minimum Gasteiger partial charge on any atom is -0.465 e. The molecule has 2 N–H and O–H groups in total. The van der Waals surface area contributed by atoms with Crippen LogP contribution in [0.4, 0.5) is 0 Å². The zero-order chi connectivity index (χ0) is 11.8. The Morgan fingerprint density at radius 3 is 3.00 bits per heavy atom. The minimum atomic E-state index is 0.748. The van der Waals surface area contributed by atoms with Gasteiger partial charge < -0.3 is 15.1 Å². The lowest BCUT2D eigenvalue weighted by molar-refractivity contribution is 0.290. The van der Waals surface area contributed by atoms with Crippen molar-refractivity contribution in [2.24, 2.45) is 11.7 Å². The van der Waals surface area contributed by atoms with Gasteiger partial charge in [-0.05, 0) is 44.3 Å². The summed E-state index contributed by atoms with van der Waals surface area (Å²) in [6.07, 6.45) is 5.83. The number of furan rings is 1. The first-order valence-corrected chi connectivity index (χ1v) is 6.79. The van der Waals surface area contributed by atoms with E-state index in [0.717, 1.165) is 44.8 Å². The summed E-state index contributed by atoms with van der Waals surface area (Å²) < 4.78 is 6.09. The molecular formula is C14H22N2O. The highest BCUT2D eigenvalue weighted by Gasteiger charge is 2.29. The van der Waals surface area contributed by atoms with Gasteiger partial charge >= 0.3 is 0 Å². The van der Waals surface area contributed by atoms with Crippen LogP contribution < -0.4 is 5.73 Å². The summed E-state index contributed by atoms with van der Waals surface area (Å²) in [5, 5.41) is 0. The minimum absolute atomic E-state index is 0.748. The van der Waals surface area contributed by atoms with Crippen molar-refractivity contribution in [1.29, 1.82) is 0 Å². The van der Waals surface area contributed by atoms with Crippen molar-refractivity contribution in [3.05, 3.63) is 22.6 Å². The van der Waals surface area contributed by atoms with E-state index in [-0.39, 0.29) is 0 Å². The molecule has 0 spiro atoms. The molecule has 1 aliphatic heterocycles. The molecule has 17 heavy (non-hydrogen) atoms. The Morgan fingerprint density at radius 1 is 1.29 bits per heavy atom. The Labute approximate surface area is 103 Å². The highest BCUT2D eigenvalue weighted by molar-refractivity contribution is 5.37. The van der Waals surface area contributed by atoms with Crippen molar-refractivity contribution >= 4 is 0 Å². The molecule has 1 aromatic rings. The summed E-state index contributed by atoms with van der Waals surface area (Å²) in [5.41, 5.74) is 8.69. The third-order valence-corrected chi connectivity index (χ3v) is 4.28. The quantitative estimate of drug-likeness (QED) is 0.847. The van der Waals surface area contributed by atoms with Gasteiger partial charge in [-0.15, -0.1) is 0 Å². The number of rotatable bonds is 2. The smallest absolute Gasteiger partial charge is 0.110 e. The third kappa shape index (κ3) is 2.02. The largest absolute Gasteiger partial charge is 0.465 e. The molecule has 0 aromatic carbocycles.